The van der Waals surface area contributed by atoms with Crippen LogP contribution in [0.5, 0.6) is 17.2 Å². The molecule has 0 radical (unpaired) electrons. The number of nitrogens with one attached hydrogen (secondary N) is 1. The van der Waals surface area contributed by atoms with Crippen LogP contribution in [0.3, 0.4) is 0 Å². The number of anilines is 2. The molecule has 3 heterocycles. The third kappa shape index (κ3) is 3.73. The molecule has 8 heteroatoms. The Kier molecular flexibility index (Phi) is 5.06. The molecule has 0 saturated heterocycles. The number of amides is 1. The number of aryl methyl sites for hydroxylation is 2. The van der Waals surface area contributed by atoms with E-state index < -0.39 is 6.17 Å². The summed E-state index contributed by atoms with van der Waals surface area (Å²) >= 11 is 0. The highest BCUT2D eigenvalue weighted by molar-refractivity contribution is 6.12. The standard InChI is InChI=1S/C27H23N3O5/c1-16-22(17(2)35-29-16)14-32-20-10-7-18(8-11-20)26-28-23-6-4-3-5-21(23)27(31)30(26)19-9-12-24-25(13-19)34-15-33-24/h3-13,26,28H,14-15H2,1-2H3/t26-/m0/s1. The van der Waals surface area contributed by atoms with Crippen LogP contribution in [0.15, 0.2) is 71.3 Å². The molecule has 3 aromatic carbocycles. The molecule has 6 rings (SSSR count). The first-order chi connectivity index (χ1) is 17.1. The van der Waals surface area contributed by atoms with E-state index in [1.54, 1.807) is 4.90 Å². The summed E-state index contributed by atoms with van der Waals surface area (Å²) in [6.07, 6.45) is -0.422. The largest absolute Gasteiger partial charge is 0.489 e. The minimum absolute atomic E-state index is 0.0954. The Labute approximate surface area is 202 Å². The maximum Gasteiger partial charge on any atom is 0.262 e. The highest BCUT2D eigenvalue weighted by Gasteiger charge is 2.34. The number of rotatable bonds is 5. The second-order valence-electron chi connectivity index (χ2n) is 8.47. The van der Waals surface area contributed by atoms with Crippen LogP contribution in [-0.2, 0) is 6.61 Å². The van der Waals surface area contributed by atoms with Crippen LogP contribution in [0, 0.1) is 13.8 Å². The van der Waals surface area contributed by atoms with Crippen molar-refractivity contribution in [3.05, 3.63) is 94.9 Å². The number of hydrogen-bond acceptors (Lipinski definition) is 7. The van der Waals surface area contributed by atoms with Gasteiger partial charge in [0.15, 0.2) is 11.5 Å². The maximum absolute atomic E-state index is 13.6. The summed E-state index contributed by atoms with van der Waals surface area (Å²) in [6, 6.07) is 20.8. The van der Waals surface area contributed by atoms with Crippen molar-refractivity contribution in [3.63, 3.8) is 0 Å². The van der Waals surface area contributed by atoms with Gasteiger partial charge in [-0.25, -0.2) is 0 Å². The van der Waals surface area contributed by atoms with E-state index in [-0.39, 0.29) is 12.7 Å². The Balaban J connectivity index is 1.31. The van der Waals surface area contributed by atoms with Gasteiger partial charge in [0.2, 0.25) is 6.79 Å². The fourth-order valence-corrected chi connectivity index (χ4v) is 4.40. The molecule has 4 aromatic rings. The molecular formula is C27H23N3O5. The van der Waals surface area contributed by atoms with Gasteiger partial charge in [0.25, 0.3) is 5.91 Å². The molecule has 2 aliphatic heterocycles. The number of ether oxygens (including phenoxy) is 3. The molecule has 1 aromatic heterocycles. The van der Waals surface area contributed by atoms with Crippen molar-refractivity contribution in [2.75, 3.05) is 17.0 Å². The van der Waals surface area contributed by atoms with E-state index in [1.165, 1.54) is 0 Å². The van der Waals surface area contributed by atoms with Crippen molar-refractivity contribution < 1.29 is 23.5 Å². The molecule has 1 N–H and O–H groups in total. The van der Waals surface area contributed by atoms with Gasteiger partial charge in [-0.3, -0.25) is 9.69 Å². The lowest BCUT2D eigenvalue weighted by Gasteiger charge is -2.38. The molecule has 0 saturated carbocycles. The summed E-state index contributed by atoms with van der Waals surface area (Å²) in [7, 11) is 0. The zero-order valence-corrected chi connectivity index (χ0v) is 19.3. The average Bonchev–Trinajstić information content (AvgIpc) is 3.48. The van der Waals surface area contributed by atoms with Crippen molar-refractivity contribution in [1.29, 1.82) is 0 Å². The normalized spacial score (nSPS) is 16.1. The topological polar surface area (TPSA) is 86.1 Å². The van der Waals surface area contributed by atoms with Gasteiger partial charge in [-0.05, 0) is 55.8 Å². The SMILES string of the molecule is Cc1noc(C)c1COc1ccc([C@H]2Nc3ccccc3C(=O)N2c2ccc3c(c2)OCO3)cc1. The molecule has 176 valence electrons. The second-order valence-corrected chi connectivity index (χ2v) is 8.47. The number of carbonyl (C=O) groups excluding carboxylic acids is 1. The lowest BCUT2D eigenvalue weighted by atomic mass is 10.0. The third-order valence-corrected chi connectivity index (χ3v) is 6.32. The Morgan fingerprint density at radius 2 is 1.83 bits per heavy atom. The minimum atomic E-state index is -0.422. The van der Waals surface area contributed by atoms with Crippen LogP contribution < -0.4 is 24.4 Å². The molecule has 1 atom stereocenters. The van der Waals surface area contributed by atoms with Crippen molar-refractivity contribution in [2.24, 2.45) is 0 Å². The molecule has 0 aliphatic carbocycles. The van der Waals surface area contributed by atoms with Gasteiger partial charge in [0.05, 0.1) is 22.5 Å². The Morgan fingerprint density at radius 1 is 1.03 bits per heavy atom. The lowest BCUT2D eigenvalue weighted by molar-refractivity contribution is 0.0975. The van der Waals surface area contributed by atoms with Crippen molar-refractivity contribution >= 4 is 17.3 Å². The first kappa shape index (κ1) is 21.1. The van der Waals surface area contributed by atoms with Gasteiger partial charge in [-0.15, -0.1) is 0 Å². The summed E-state index contributed by atoms with van der Waals surface area (Å²) in [5.74, 6) is 2.66. The average molecular weight is 469 g/mol. The van der Waals surface area contributed by atoms with Gasteiger partial charge >= 0.3 is 0 Å². The van der Waals surface area contributed by atoms with Crippen LogP contribution in [0.25, 0.3) is 0 Å². The molecule has 8 nitrogen and oxygen atoms in total. The zero-order chi connectivity index (χ0) is 23.9. The molecule has 35 heavy (non-hydrogen) atoms. The van der Waals surface area contributed by atoms with Gasteiger partial charge in [0.1, 0.15) is 24.3 Å². The maximum atomic E-state index is 13.6. The summed E-state index contributed by atoms with van der Waals surface area (Å²) < 4.78 is 22.2. The molecule has 1 amide bonds. The first-order valence-corrected chi connectivity index (χ1v) is 11.3. The number of hydrogen-bond donors (Lipinski definition) is 1. The summed E-state index contributed by atoms with van der Waals surface area (Å²) in [5.41, 5.74) is 4.79. The number of carbonyl (C=O) groups is 1. The predicted octanol–water partition coefficient (Wildman–Crippen LogP) is 5.37. The molecule has 0 spiro atoms. The van der Waals surface area contributed by atoms with Crippen LogP contribution in [0.2, 0.25) is 0 Å². The highest BCUT2D eigenvalue weighted by Crippen LogP contribution is 2.41. The summed E-state index contributed by atoms with van der Waals surface area (Å²) in [5, 5.41) is 7.49. The van der Waals surface area contributed by atoms with Crippen LogP contribution >= 0.6 is 0 Å². The fourth-order valence-electron chi connectivity index (χ4n) is 4.40. The lowest BCUT2D eigenvalue weighted by Crippen LogP contribution is -2.43. The van der Waals surface area contributed by atoms with Gasteiger partial charge in [-0.1, -0.05) is 29.4 Å². The Bertz CT molecular complexity index is 1390. The number of fused-ring (bicyclic) bond motifs is 2. The third-order valence-electron chi connectivity index (χ3n) is 6.32. The number of aromatic nitrogens is 1. The quantitative estimate of drug-likeness (QED) is 0.420. The van der Waals surface area contributed by atoms with Crippen molar-refractivity contribution in [2.45, 2.75) is 26.6 Å². The van der Waals surface area contributed by atoms with E-state index in [0.717, 1.165) is 28.3 Å². The zero-order valence-electron chi connectivity index (χ0n) is 19.3. The number of para-hydroxylation sites is 1. The molecule has 0 unspecified atom stereocenters. The predicted molar refractivity (Wildman–Crippen MR) is 129 cm³/mol. The second kappa shape index (κ2) is 8.39. The minimum Gasteiger partial charge on any atom is -0.489 e. The molecule has 2 aliphatic rings. The molecular weight excluding hydrogens is 446 g/mol. The number of benzene rings is 3. The molecule has 0 fully saturated rings. The van der Waals surface area contributed by atoms with Gasteiger partial charge in [0, 0.05) is 11.8 Å². The number of nitrogens with zero attached hydrogens (tertiary/aromatic N) is 2. The van der Waals surface area contributed by atoms with E-state index >= 15 is 0 Å². The van der Waals surface area contributed by atoms with E-state index in [4.69, 9.17) is 18.7 Å². The van der Waals surface area contributed by atoms with Crippen LogP contribution in [0.1, 0.15) is 39.1 Å². The monoisotopic (exact) mass is 469 g/mol. The van der Waals surface area contributed by atoms with E-state index in [0.29, 0.717) is 35.1 Å². The van der Waals surface area contributed by atoms with E-state index in [1.807, 2.05) is 80.6 Å². The van der Waals surface area contributed by atoms with Gasteiger partial charge in [-0.2, -0.15) is 0 Å². The Hall–Kier alpha value is -4.46. The van der Waals surface area contributed by atoms with Crippen LogP contribution in [0.4, 0.5) is 11.4 Å². The highest BCUT2D eigenvalue weighted by atomic mass is 16.7. The van der Waals surface area contributed by atoms with Crippen molar-refractivity contribution in [1.82, 2.24) is 5.16 Å². The fraction of sp³-hybridized carbons (Fsp3) is 0.185. The first-order valence-electron chi connectivity index (χ1n) is 11.3. The van der Waals surface area contributed by atoms with Gasteiger partial charge < -0.3 is 24.1 Å². The van der Waals surface area contributed by atoms with Crippen LogP contribution in [-0.4, -0.2) is 17.9 Å². The smallest absolute Gasteiger partial charge is 0.262 e. The summed E-state index contributed by atoms with van der Waals surface area (Å²) in [4.78, 5) is 15.4. The van der Waals surface area contributed by atoms with E-state index in [2.05, 4.69) is 10.5 Å². The summed E-state index contributed by atoms with van der Waals surface area (Å²) in [6.45, 7) is 4.31. The Morgan fingerprint density at radius 3 is 2.63 bits per heavy atom. The van der Waals surface area contributed by atoms with E-state index in [9.17, 15) is 4.79 Å². The molecule has 0 bridgehead atoms. The van der Waals surface area contributed by atoms with Crippen molar-refractivity contribution in [3.8, 4) is 17.2 Å².